The third kappa shape index (κ3) is 1.16. The minimum Gasteiger partial charge on any atom is -0.141 e. The SMILES string of the molecule is [2H]C[B]c1cccc2cc(C)sc12. The van der Waals surface area contributed by atoms with Gasteiger partial charge in [-0.15, -0.1) is 11.3 Å². The highest BCUT2D eigenvalue weighted by Gasteiger charge is 2.01. The molecule has 2 aromatic rings. The van der Waals surface area contributed by atoms with Crippen LogP contribution in [0.2, 0.25) is 6.80 Å². The molecule has 0 unspecified atom stereocenters. The normalized spacial score (nSPS) is 11.6. The van der Waals surface area contributed by atoms with Gasteiger partial charge in [0.2, 0.25) is 0 Å². The number of hydrogen-bond donors (Lipinski definition) is 0. The molecule has 0 spiro atoms. The Morgan fingerprint density at radius 2 is 2.42 bits per heavy atom. The van der Waals surface area contributed by atoms with E-state index in [1.54, 1.807) is 11.3 Å². The van der Waals surface area contributed by atoms with Gasteiger partial charge in [0, 0.05) is 10.9 Å². The summed E-state index contributed by atoms with van der Waals surface area (Å²) in [5, 5.41) is 1.30. The second-order valence-electron chi connectivity index (χ2n) is 2.83. The van der Waals surface area contributed by atoms with Gasteiger partial charge in [0.1, 0.15) is 7.28 Å². The van der Waals surface area contributed by atoms with Crippen molar-refractivity contribution in [1.82, 2.24) is 0 Å². The Morgan fingerprint density at radius 3 is 3.25 bits per heavy atom. The number of hydrogen-bond acceptors (Lipinski definition) is 1. The zero-order valence-corrected chi connectivity index (χ0v) is 7.82. The van der Waals surface area contributed by atoms with E-state index < -0.39 is 0 Å². The van der Waals surface area contributed by atoms with Gasteiger partial charge in [-0.3, -0.25) is 0 Å². The molecule has 12 heavy (non-hydrogen) atoms. The molecule has 0 aliphatic rings. The van der Waals surface area contributed by atoms with Gasteiger partial charge in [-0.05, 0) is 18.4 Å². The highest BCUT2D eigenvalue weighted by Crippen LogP contribution is 2.22. The van der Waals surface area contributed by atoms with Crippen molar-refractivity contribution in [3.05, 3.63) is 29.1 Å². The third-order valence-electron chi connectivity index (χ3n) is 1.92. The smallest absolute Gasteiger partial charge is 0.141 e. The first-order valence-corrected chi connectivity index (χ1v) is 4.74. The van der Waals surface area contributed by atoms with E-state index in [2.05, 4.69) is 31.2 Å². The van der Waals surface area contributed by atoms with Crippen LogP contribution < -0.4 is 5.46 Å². The second-order valence-corrected chi connectivity index (χ2v) is 4.08. The molecule has 2 heteroatoms. The molecule has 1 aromatic carbocycles. The molecule has 1 aromatic heterocycles. The van der Waals surface area contributed by atoms with Gasteiger partial charge in [0.25, 0.3) is 0 Å². The van der Waals surface area contributed by atoms with Crippen molar-refractivity contribution in [2.45, 2.75) is 13.7 Å². The molecule has 0 nitrogen and oxygen atoms in total. The Morgan fingerprint density at radius 1 is 1.50 bits per heavy atom. The summed E-state index contributed by atoms with van der Waals surface area (Å²) in [5.41, 5.74) is 1.20. The summed E-state index contributed by atoms with van der Waals surface area (Å²) >= 11 is 1.80. The van der Waals surface area contributed by atoms with E-state index in [1.807, 2.05) is 7.28 Å². The third-order valence-corrected chi connectivity index (χ3v) is 3.03. The van der Waals surface area contributed by atoms with Gasteiger partial charge >= 0.3 is 0 Å². The Balaban J connectivity index is 2.60. The van der Waals surface area contributed by atoms with E-state index in [1.165, 1.54) is 20.4 Å². The quantitative estimate of drug-likeness (QED) is 0.583. The Hall–Kier alpha value is -0.755. The maximum atomic E-state index is 7.17. The minimum absolute atomic E-state index is 0.357. The van der Waals surface area contributed by atoms with Crippen LogP contribution in [0.3, 0.4) is 0 Å². The van der Waals surface area contributed by atoms with Crippen LogP contribution >= 0.6 is 11.3 Å². The lowest BCUT2D eigenvalue weighted by Gasteiger charge is -1.95. The second kappa shape index (κ2) is 2.94. The molecule has 0 N–H and O–H groups in total. The van der Waals surface area contributed by atoms with Crippen LogP contribution in [0.5, 0.6) is 0 Å². The first-order valence-electron chi connectivity index (χ1n) is 4.63. The van der Waals surface area contributed by atoms with Crippen LogP contribution in [0.4, 0.5) is 0 Å². The largest absolute Gasteiger partial charge is 0.150 e. The van der Waals surface area contributed by atoms with Crippen molar-refractivity contribution >= 4 is 34.2 Å². The summed E-state index contributed by atoms with van der Waals surface area (Å²) < 4.78 is 8.48. The maximum Gasteiger partial charge on any atom is 0.150 e. The van der Waals surface area contributed by atoms with E-state index in [0.717, 1.165) is 0 Å². The fraction of sp³-hybridized carbons (Fsp3) is 0.200. The Bertz CT molecular complexity index is 422. The van der Waals surface area contributed by atoms with Crippen molar-refractivity contribution in [3.63, 3.8) is 0 Å². The van der Waals surface area contributed by atoms with Gasteiger partial charge in [-0.25, -0.2) is 0 Å². The van der Waals surface area contributed by atoms with E-state index in [9.17, 15) is 0 Å². The summed E-state index contributed by atoms with van der Waals surface area (Å²) in [6.45, 7) is 2.48. The standard InChI is InChI=1S/C10H10BS/c1-7-6-8-4-3-5-9(11-2)10(8)12-7/h3-6H,1-2H3/i2D. The maximum absolute atomic E-state index is 7.17. The van der Waals surface area contributed by atoms with Crippen molar-refractivity contribution in [3.8, 4) is 0 Å². The van der Waals surface area contributed by atoms with Crippen molar-refractivity contribution in [2.75, 3.05) is 0 Å². The van der Waals surface area contributed by atoms with Crippen LogP contribution in [0, 0.1) is 6.92 Å². The number of fused-ring (bicyclic) bond motifs is 1. The van der Waals surface area contributed by atoms with Gasteiger partial charge in [0.15, 0.2) is 0 Å². The van der Waals surface area contributed by atoms with Crippen LogP contribution in [-0.2, 0) is 0 Å². The first kappa shape index (κ1) is 6.73. The minimum atomic E-state index is 0.357. The van der Waals surface area contributed by atoms with E-state index in [4.69, 9.17) is 1.37 Å². The molecular formula is C10H10BS. The summed E-state index contributed by atoms with van der Waals surface area (Å²) in [5.74, 6) is 0. The highest BCUT2D eigenvalue weighted by atomic mass is 32.1. The highest BCUT2D eigenvalue weighted by molar-refractivity contribution is 7.20. The molecule has 0 saturated carbocycles. The Labute approximate surface area is 78.9 Å². The molecule has 59 valence electrons. The van der Waals surface area contributed by atoms with E-state index >= 15 is 0 Å². The van der Waals surface area contributed by atoms with Crippen LogP contribution in [0.1, 0.15) is 6.25 Å². The summed E-state index contributed by atoms with van der Waals surface area (Å²) in [6, 6.07) is 8.45. The predicted octanol–water partition coefficient (Wildman–Crippen LogP) is 2.59. The van der Waals surface area contributed by atoms with Crippen LogP contribution in [0.15, 0.2) is 24.3 Å². The zero-order valence-electron chi connectivity index (χ0n) is 8.00. The molecule has 0 aliphatic heterocycles. The Kier molecular flexibility index (Phi) is 1.65. The molecule has 0 fully saturated rings. The number of thiophene rings is 1. The summed E-state index contributed by atoms with van der Waals surface area (Å²) in [6.07, 6.45) is 0. The summed E-state index contributed by atoms with van der Waals surface area (Å²) in [4.78, 5) is 1.33. The van der Waals surface area contributed by atoms with Gasteiger partial charge in [-0.1, -0.05) is 30.5 Å². The fourth-order valence-electron chi connectivity index (χ4n) is 1.38. The van der Waals surface area contributed by atoms with Gasteiger partial charge in [-0.2, -0.15) is 0 Å². The molecule has 1 radical (unpaired) electrons. The zero-order chi connectivity index (χ0) is 9.26. The van der Waals surface area contributed by atoms with Crippen LogP contribution in [-0.4, -0.2) is 7.28 Å². The van der Waals surface area contributed by atoms with E-state index in [-0.39, 0.29) is 0 Å². The molecule has 0 aliphatic carbocycles. The van der Waals surface area contributed by atoms with Gasteiger partial charge in [0.05, 0.1) is 0 Å². The predicted molar refractivity (Wildman–Crippen MR) is 57.8 cm³/mol. The lowest BCUT2D eigenvalue weighted by molar-refractivity contribution is 1.66. The van der Waals surface area contributed by atoms with E-state index in [0.29, 0.717) is 6.80 Å². The molecule has 0 atom stereocenters. The van der Waals surface area contributed by atoms with Gasteiger partial charge < -0.3 is 0 Å². The molecule has 0 amide bonds. The number of benzene rings is 1. The van der Waals surface area contributed by atoms with Crippen molar-refractivity contribution < 1.29 is 1.37 Å². The lowest BCUT2D eigenvalue weighted by atomic mass is 9.73. The fourth-order valence-corrected chi connectivity index (χ4v) is 2.40. The van der Waals surface area contributed by atoms with Crippen molar-refractivity contribution in [1.29, 1.82) is 0 Å². The molecule has 0 saturated heterocycles. The first-order chi connectivity index (χ1) is 6.31. The molecule has 2 rings (SSSR count). The average Bonchev–Trinajstić information content (AvgIpc) is 2.47. The monoisotopic (exact) mass is 174 g/mol. The number of aryl methyl sites for hydroxylation is 1. The molecule has 1 heterocycles. The molecule has 0 bridgehead atoms. The summed E-state index contributed by atoms with van der Waals surface area (Å²) in [7, 11) is 1.96. The number of rotatable bonds is 1. The molecular weight excluding hydrogens is 163 g/mol. The van der Waals surface area contributed by atoms with Crippen molar-refractivity contribution in [2.24, 2.45) is 0 Å². The average molecular weight is 174 g/mol. The topological polar surface area (TPSA) is 0 Å². The lowest BCUT2D eigenvalue weighted by Crippen LogP contribution is -2.09. The van der Waals surface area contributed by atoms with Crippen LogP contribution in [0.25, 0.3) is 10.1 Å².